The first kappa shape index (κ1) is 15.4. The van der Waals surface area contributed by atoms with Crippen LogP contribution in [0.5, 0.6) is 5.88 Å². The number of hydrogen-bond acceptors (Lipinski definition) is 2. The molecule has 25 heavy (non-hydrogen) atoms. The number of aromatic hydroxyl groups is 1. The highest BCUT2D eigenvalue weighted by Gasteiger charge is 2.22. The largest absolute Gasteiger partial charge is 0.493 e. The SMILES string of the molecule is CC(C)c1nn(-c2ccc(F)cc2)c2c(O)n(-c3ccccc3)cc12. The minimum absolute atomic E-state index is 0.116. The molecule has 5 heteroatoms. The summed E-state index contributed by atoms with van der Waals surface area (Å²) in [4.78, 5) is 0. The van der Waals surface area contributed by atoms with Gasteiger partial charge in [-0.2, -0.15) is 5.10 Å². The first-order valence-corrected chi connectivity index (χ1v) is 8.20. The highest BCUT2D eigenvalue weighted by Crippen LogP contribution is 2.36. The second-order valence-corrected chi connectivity index (χ2v) is 6.35. The van der Waals surface area contributed by atoms with Crippen LogP contribution in [0, 0.1) is 5.82 Å². The zero-order valence-electron chi connectivity index (χ0n) is 14.0. The van der Waals surface area contributed by atoms with Crippen molar-refractivity contribution in [2.24, 2.45) is 0 Å². The fourth-order valence-corrected chi connectivity index (χ4v) is 3.07. The van der Waals surface area contributed by atoms with Crippen molar-refractivity contribution in [2.75, 3.05) is 0 Å². The van der Waals surface area contributed by atoms with Gasteiger partial charge >= 0.3 is 0 Å². The Hall–Kier alpha value is -3.08. The van der Waals surface area contributed by atoms with E-state index in [0.29, 0.717) is 11.2 Å². The van der Waals surface area contributed by atoms with Crippen molar-refractivity contribution < 1.29 is 9.50 Å². The number of nitrogens with zero attached hydrogens (tertiary/aromatic N) is 3. The zero-order chi connectivity index (χ0) is 17.6. The maximum Gasteiger partial charge on any atom is 0.223 e. The number of benzene rings is 2. The summed E-state index contributed by atoms with van der Waals surface area (Å²) in [6.45, 7) is 4.13. The van der Waals surface area contributed by atoms with E-state index < -0.39 is 0 Å². The molecule has 2 heterocycles. The van der Waals surface area contributed by atoms with Crippen molar-refractivity contribution in [3.05, 3.63) is 72.3 Å². The Labute approximate surface area is 144 Å². The van der Waals surface area contributed by atoms with Crippen molar-refractivity contribution in [3.8, 4) is 17.3 Å². The molecule has 4 aromatic rings. The third-order valence-electron chi connectivity index (χ3n) is 4.30. The summed E-state index contributed by atoms with van der Waals surface area (Å²) in [5.74, 6) is 0.00228. The average molecular weight is 335 g/mol. The molecule has 0 unspecified atom stereocenters. The van der Waals surface area contributed by atoms with Crippen LogP contribution in [0.4, 0.5) is 4.39 Å². The highest BCUT2D eigenvalue weighted by molar-refractivity contribution is 5.89. The predicted molar refractivity (Wildman–Crippen MR) is 96.1 cm³/mol. The van der Waals surface area contributed by atoms with Crippen molar-refractivity contribution in [1.29, 1.82) is 0 Å². The number of halogens is 1. The third kappa shape index (κ3) is 2.48. The van der Waals surface area contributed by atoms with Gasteiger partial charge in [-0.3, -0.25) is 4.57 Å². The van der Waals surface area contributed by atoms with E-state index in [9.17, 15) is 9.50 Å². The minimum Gasteiger partial charge on any atom is -0.493 e. The molecule has 0 radical (unpaired) electrons. The summed E-state index contributed by atoms with van der Waals surface area (Å²) < 4.78 is 16.7. The molecule has 0 saturated heterocycles. The Balaban J connectivity index is 2.01. The standard InChI is InChI=1S/C20H18FN3O/c1-13(2)18-17-12-23(15-6-4-3-5-7-15)20(25)19(17)24(22-18)16-10-8-14(21)9-11-16/h3-13,25H,1-2H3. The van der Waals surface area contributed by atoms with Gasteiger partial charge in [0.2, 0.25) is 5.88 Å². The molecule has 0 amide bonds. The van der Waals surface area contributed by atoms with Gasteiger partial charge in [-0.05, 0) is 42.3 Å². The van der Waals surface area contributed by atoms with E-state index in [1.807, 2.05) is 36.5 Å². The van der Waals surface area contributed by atoms with Crippen LogP contribution in [-0.2, 0) is 0 Å². The van der Waals surface area contributed by atoms with Crippen molar-refractivity contribution in [2.45, 2.75) is 19.8 Å². The summed E-state index contributed by atoms with van der Waals surface area (Å²) >= 11 is 0. The molecule has 0 aliphatic carbocycles. The number of hydrogen-bond donors (Lipinski definition) is 1. The number of aromatic nitrogens is 3. The molecular formula is C20H18FN3O. The van der Waals surface area contributed by atoms with Crippen LogP contribution in [-0.4, -0.2) is 19.5 Å². The van der Waals surface area contributed by atoms with Crippen LogP contribution >= 0.6 is 0 Å². The van der Waals surface area contributed by atoms with E-state index in [-0.39, 0.29) is 17.6 Å². The van der Waals surface area contributed by atoms with Crippen LogP contribution in [0.2, 0.25) is 0 Å². The molecule has 126 valence electrons. The van der Waals surface area contributed by atoms with Gasteiger partial charge in [-0.15, -0.1) is 0 Å². The van der Waals surface area contributed by atoms with E-state index in [1.54, 1.807) is 21.4 Å². The van der Waals surface area contributed by atoms with Gasteiger partial charge in [-0.25, -0.2) is 9.07 Å². The molecule has 4 rings (SSSR count). The van der Waals surface area contributed by atoms with Crippen LogP contribution in [0.1, 0.15) is 25.5 Å². The van der Waals surface area contributed by atoms with Crippen LogP contribution in [0.3, 0.4) is 0 Å². The second-order valence-electron chi connectivity index (χ2n) is 6.35. The molecule has 0 aliphatic rings. The minimum atomic E-state index is -0.303. The maximum atomic E-state index is 13.3. The van der Waals surface area contributed by atoms with Gasteiger partial charge in [0.1, 0.15) is 11.3 Å². The Morgan fingerprint density at radius 2 is 1.64 bits per heavy atom. The number of fused-ring (bicyclic) bond motifs is 1. The fourth-order valence-electron chi connectivity index (χ4n) is 3.07. The zero-order valence-corrected chi connectivity index (χ0v) is 14.0. The molecule has 0 bridgehead atoms. The fraction of sp³-hybridized carbons (Fsp3) is 0.150. The quantitative estimate of drug-likeness (QED) is 0.585. The summed E-state index contributed by atoms with van der Waals surface area (Å²) in [5.41, 5.74) is 3.10. The van der Waals surface area contributed by atoms with Crippen LogP contribution in [0.15, 0.2) is 60.8 Å². The highest BCUT2D eigenvalue weighted by atomic mass is 19.1. The summed E-state index contributed by atoms with van der Waals surface area (Å²) in [6.07, 6.45) is 1.91. The smallest absolute Gasteiger partial charge is 0.223 e. The third-order valence-corrected chi connectivity index (χ3v) is 4.30. The summed E-state index contributed by atoms with van der Waals surface area (Å²) in [6, 6.07) is 15.8. The van der Waals surface area contributed by atoms with Gasteiger partial charge in [0.05, 0.1) is 11.4 Å². The van der Waals surface area contributed by atoms with Crippen LogP contribution in [0.25, 0.3) is 22.3 Å². The van der Waals surface area contributed by atoms with E-state index in [0.717, 1.165) is 16.8 Å². The topological polar surface area (TPSA) is 43.0 Å². The molecule has 0 fully saturated rings. The monoisotopic (exact) mass is 335 g/mol. The van der Waals surface area contributed by atoms with Crippen molar-refractivity contribution >= 4 is 10.9 Å². The van der Waals surface area contributed by atoms with E-state index in [4.69, 9.17) is 0 Å². The Kier molecular flexibility index (Phi) is 3.57. The molecule has 0 saturated carbocycles. The predicted octanol–water partition coefficient (Wildman–Crippen LogP) is 4.78. The first-order valence-electron chi connectivity index (χ1n) is 8.20. The van der Waals surface area contributed by atoms with Gasteiger partial charge in [0, 0.05) is 17.3 Å². The lowest BCUT2D eigenvalue weighted by Gasteiger charge is -2.07. The van der Waals surface area contributed by atoms with Crippen molar-refractivity contribution in [1.82, 2.24) is 14.3 Å². The normalized spacial score (nSPS) is 11.5. The van der Waals surface area contributed by atoms with Gasteiger partial charge in [0.15, 0.2) is 0 Å². The van der Waals surface area contributed by atoms with Gasteiger partial charge < -0.3 is 5.11 Å². The lowest BCUT2D eigenvalue weighted by molar-refractivity contribution is 0.445. The number of rotatable bonds is 3. The molecule has 4 nitrogen and oxygen atoms in total. The average Bonchev–Trinajstić information content (AvgIpc) is 3.15. The molecule has 2 aromatic carbocycles. The Bertz CT molecular complexity index is 1030. The lowest BCUT2D eigenvalue weighted by atomic mass is 10.1. The van der Waals surface area contributed by atoms with Crippen LogP contribution < -0.4 is 0 Å². The Morgan fingerprint density at radius 1 is 0.960 bits per heavy atom. The van der Waals surface area contributed by atoms with Gasteiger partial charge in [-0.1, -0.05) is 32.0 Å². The summed E-state index contributed by atoms with van der Waals surface area (Å²) in [5, 5.41) is 16.4. The second kappa shape index (κ2) is 5.77. The lowest BCUT2D eigenvalue weighted by Crippen LogP contribution is -2.00. The molecule has 0 spiro atoms. The molecule has 0 atom stereocenters. The van der Waals surface area contributed by atoms with Gasteiger partial charge in [0.25, 0.3) is 0 Å². The van der Waals surface area contributed by atoms with E-state index in [1.165, 1.54) is 12.1 Å². The summed E-state index contributed by atoms with van der Waals surface area (Å²) in [7, 11) is 0. The Morgan fingerprint density at radius 3 is 2.28 bits per heavy atom. The molecule has 1 N–H and O–H groups in total. The van der Waals surface area contributed by atoms with E-state index >= 15 is 0 Å². The molecular weight excluding hydrogens is 317 g/mol. The molecule has 2 aromatic heterocycles. The molecule has 0 aliphatic heterocycles. The van der Waals surface area contributed by atoms with E-state index in [2.05, 4.69) is 18.9 Å². The number of para-hydroxylation sites is 1. The maximum absolute atomic E-state index is 13.3. The van der Waals surface area contributed by atoms with Crippen molar-refractivity contribution in [3.63, 3.8) is 0 Å². The first-order chi connectivity index (χ1) is 12.1.